The van der Waals surface area contributed by atoms with E-state index in [4.69, 9.17) is 11.6 Å². The van der Waals surface area contributed by atoms with Crippen LogP contribution in [0.4, 0.5) is 5.69 Å². The van der Waals surface area contributed by atoms with Crippen LogP contribution >= 0.6 is 24.0 Å². The highest BCUT2D eigenvalue weighted by Gasteiger charge is 1.96. The van der Waals surface area contributed by atoms with Gasteiger partial charge in [-0.25, -0.2) is 0 Å². The number of hydrogen-bond donors (Lipinski definition) is 1. The summed E-state index contributed by atoms with van der Waals surface area (Å²) in [4.78, 5) is 4.05. The van der Waals surface area contributed by atoms with Crippen molar-refractivity contribution < 1.29 is 0 Å². The summed E-state index contributed by atoms with van der Waals surface area (Å²) < 4.78 is 0. The number of benzene rings is 1. The van der Waals surface area contributed by atoms with E-state index in [1.165, 1.54) is 0 Å². The highest BCUT2D eigenvalue weighted by atomic mass is 35.5. The van der Waals surface area contributed by atoms with Crippen molar-refractivity contribution in [1.82, 2.24) is 4.98 Å². The molecule has 0 bridgehead atoms. The van der Waals surface area contributed by atoms with Gasteiger partial charge in [-0.3, -0.25) is 10.4 Å². The van der Waals surface area contributed by atoms with Crippen LogP contribution < -0.4 is 5.43 Å². The molecule has 1 heterocycles. The number of nitrogens with zero attached hydrogens (tertiary/aromatic N) is 2. The lowest BCUT2D eigenvalue weighted by molar-refractivity contribution is 1.28. The van der Waals surface area contributed by atoms with Crippen molar-refractivity contribution in [2.45, 2.75) is 6.92 Å². The molecule has 0 amide bonds. The fraction of sp³-hybridized carbons (Fsp3) is 0.0769. The second-order valence-corrected chi connectivity index (χ2v) is 3.99. The quantitative estimate of drug-likeness (QED) is 0.682. The van der Waals surface area contributed by atoms with Crippen LogP contribution in [0.5, 0.6) is 0 Å². The fourth-order valence-corrected chi connectivity index (χ4v) is 1.44. The Morgan fingerprint density at radius 3 is 2.56 bits per heavy atom. The first-order chi connectivity index (χ1) is 8.25. The van der Waals surface area contributed by atoms with Gasteiger partial charge in [-0.1, -0.05) is 17.7 Å². The van der Waals surface area contributed by atoms with E-state index in [0.29, 0.717) is 5.02 Å². The first-order valence-corrected chi connectivity index (χ1v) is 5.60. The maximum absolute atomic E-state index is 5.80. The summed E-state index contributed by atoms with van der Waals surface area (Å²) in [6, 6.07) is 11.2. The van der Waals surface area contributed by atoms with Crippen molar-refractivity contribution in [3.05, 3.63) is 59.4 Å². The van der Waals surface area contributed by atoms with Crippen LogP contribution in [0, 0.1) is 0 Å². The molecule has 2 rings (SSSR count). The Morgan fingerprint density at radius 2 is 1.94 bits per heavy atom. The summed E-state index contributed by atoms with van der Waals surface area (Å²) in [5.74, 6) is 0. The number of halogens is 2. The Kier molecular flexibility index (Phi) is 5.62. The number of rotatable bonds is 3. The van der Waals surface area contributed by atoms with Crippen LogP contribution in [0.15, 0.2) is 53.9 Å². The minimum atomic E-state index is 0. The van der Waals surface area contributed by atoms with Gasteiger partial charge in [0.2, 0.25) is 0 Å². The summed E-state index contributed by atoms with van der Waals surface area (Å²) in [5, 5.41) is 4.99. The Balaban J connectivity index is 0.00000162. The van der Waals surface area contributed by atoms with E-state index in [0.717, 1.165) is 17.0 Å². The average Bonchev–Trinajstić information content (AvgIpc) is 2.39. The molecule has 0 unspecified atom stereocenters. The average molecular weight is 282 g/mol. The molecule has 1 aromatic heterocycles. The smallest absolute Gasteiger partial charge is 0.0663 e. The lowest BCUT2D eigenvalue weighted by Gasteiger charge is -2.03. The van der Waals surface area contributed by atoms with Crippen molar-refractivity contribution in [1.29, 1.82) is 0 Å². The number of hydrogen-bond acceptors (Lipinski definition) is 3. The van der Waals surface area contributed by atoms with E-state index < -0.39 is 0 Å². The van der Waals surface area contributed by atoms with Crippen LogP contribution in [0.3, 0.4) is 0 Å². The molecule has 0 spiro atoms. The zero-order chi connectivity index (χ0) is 12.1. The number of aromatic nitrogens is 1. The van der Waals surface area contributed by atoms with Gasteiger partial charge in [-0.05, 0) is 37.3 Å². The summed E-state index contributed by atoms with van der Waals surface area (Å²) in [5.41, 5.74) is 5.75. The van der Waals surface area contributed by atoms with Crippen molar-refractivity contribution in [2.75, 3.05) is 5.43 Å². The Morgan fingerprint density at radius 1 is 1.22 bits per heavy atom. The van der Waals surface area contributed by atoms with Gasteiger partial charge in [0.25, 0.3) is 0 Å². The molecule has 1 aromatic carbocycles. The topological polar surface area (TPSA) is 37.3 Å². The van der Waals surface area contributed by atoms with Crippen LogP contribution in [-0.2, 0) is 0 Å². The minimum absolute atomic E-state index is 0. The first kappa shape index (κ1) is 14.5. The molecular weight excluding hydrogens is 269 g/mol. The molecule has 94 valence electrons. The summed E-state index contributed by atoms with van der Waals surface area (Å²) >= 11 is 5.80. The zero-order valence-electron chi connectivity index (χ0n) is 9.80. The number of anilines is 1. The second kappa shape index (κ2) is 6.99. The van der Waals surface area contributed by atoms with E-state index in [9.17, 15) is 0 Å². The molecule has 0 aliphatic rings. The lowest BCUT2D eigenvalue weighted by atomic mass is 10.2. The third kappa shape index (κ3) is 4.02. The minimum Gasteiger partial charge on any atom is -0.278 e. The Labute approximate surface area is 117 Å². The standard InChI is InChI=1S/C13H12ClN3.ClH/c1-10(11-3-2-8-15-9-11)16-17-13-6-4-12(14)5-7-13;/h2-9,17H,1H3;1H/b16-10+;. The third-order valence-corrected chi connectivity index (χ3v) is 2.53. The van der Waals surface area contributed by atoms with Crippen LogP contribution in [0.2, 0.25) is 5.02 Å². The summed E-state index contributed by atoms with van der Waals surface area (Å²) in [6.07, 6.45) is 3.52. The summed E-state index contributed by atoms with van der Waals surface area (Å²) in [7, 11) is 0. The molecule has 0 atom stereocenters. The normalized spacial score (nSPS) is 10.7. The molecule has 0 fully saturated rings. The molecule has 0 saturated heterocycles. The van der Waals surface area contributed by atoms with Crippen LogP contribution in [-0.4, -0.2) is 10.7 Å². The van der Waals surface area contributed by atoms with Gasteiger partial charge >= 0.3 is 0 Å². The SMILES string of the molecule is C/C(=N\Nc1ccc(Cl)cc1)c1cccnc1.Cl. The van der Waals surface area contributed by atoms with Crippen molar-refractivity contribution in [3.8, 4) is 0 Å². The maximum Gasteiger partial charge on any atom is 0.0663 e. The van der Waals surface area contributed by atoms with Crippen LogP contribution in [0.1, 0.15) is 12.5 Å². The summed E-state index contributed by atoms with van der Waals surface area (Å²) in [6.45, 7) is 1.93. The second-order valence-electron chi connectivity index (χ2n) is 3.56. The fourth-order valence-electron chi connectivity index (χ4n) is 1.31. The highest BCUT2D eigenvalue weighted by Crippen LogP contribution is 2.13. The van der Waals surface area contributed by atoms with Gasteiger partial charge in [-0.15, -0.1) is 12.4 Å². The first-order valence-electron chi connectivity index (χ1n) is 5.22. The van der Waals surface area contributed by atoms with Crippen molar-refractivity contribution >= 4 is 35.4 Å². The molecule has 0 saturated carbocycles. The molecule has 0 aliphatic heterocycles. The van der Waals surface area contributed by atoms with Gasteiger partial charge in [0.15, 0.2) is 0 Å². The number of nitrogens with one attached hydrogen (secondary N) is 1. The maximum atomic E-state index is 5.80. The van der Waals surface area contributed by atoms with Crippen LogP contribution in [0.25, 0.3) is 0 Å². The molecule has 5 heteroatoms. The van der Waals surface area contributed by atoms with Crippen molar-refractivity contribution in [2.24, 2.45) is 5.10 Å². The Bertz CT molecular complexity index is 510. The largest absolute Gasteiger partial charge is 0.278 e. The van der Waals surface area contributed by atoms with Gasteiger partial charge in [-0.2, -0.15) is 5.10 Å². The number of pyridine rings is 1. The van der Waals surface area contributed by atoms with Gasteiger partial charge in [0, 0.05) is 23.0 Å². The van der Waals surface area contributed by atoms with E-state index in [1.807, 2.05) is 43.3 Å². The van der Waals surface area contributed by atoms with E-state index >= 15 is 0 Å². The van der Waals surface area contributed by atoms with Gasteiger partial charge in [0.1, 0.15) is 0 Å². The Hall–Kier alpha value is -1.58. The zero-order valence-corrected chi connectivity index (χ0v) is 11.4. The molecule has 18 heavy (non-hydrogen) atoms. The monoisotopic (exact) mass is 281 g/mol. The predicted octanol–water partition coefficient (Wildman–Crippen LogP) is 3.99. The van der Waals surface area contributed by atoms with E-state index in [2.05, 4.69) is 15.5 Å². The molecule has 0 aliphatic carbocycles. The molecule has 3 nitrogen and oxygen atoms in total. The predicted molar refractivity (Wildman–Crippen MR) is 78.8 cm³/mol. The highest BCUT2D eigenvalue weighted by molar-refractivity contribution is 6.30. The van der Waals surface area contributed by atoms with Crippen molar-refractivity contribution in [3.63, 3.8) is 0 Å². The van der Waals surface area contributed by atoms with E-state index in [1.54, 1.807) is 12.4 Å². The molecule has 2 aromatic rings. The number of hydrazone groups is 1. The van der Waals surface area contributed by atoms with Gasteiger partial charge < -0.3 is 0 Å². The molecular formula is C13H13Cl2N3. The lowest BCUT2D eigenvalue weighted by Crippen LogP contribution is -1.99. The van der Waals surface area contributed by atoms with E-state index in [-0.39, 0.29) is 12.4 Å². The molecule has 0 radical (unpaired) electrons. The van der Waals surface area contributed by atoms with Gasteiger partial charge in [0.05, 0.1) is 11.4 Å². The third-order valence-electron chi connectivity index (χ3n) is 2.28. The molecule has 1 N–H and O–H groups in total.